The Balaban J connectivity index is 0.715. The van der Waals surface area contributed by atoms with Crippen LogP contribution in [0.25, 0.3) is 16.8 Å². The van der Waals surface area contributed by atoms with Crippen LogP contribution in [0.5, 0.6) is 5.75 Å². The third kappa shape index (κ3) is 13.1. The quantitative estimate of drug-likeness (QED) is 0.0868. The zero-order valence-electron chi connectivity index (χ0n) is 50.2. The molecule has 16 nitrogen and oxygen atoms in total. The summed E-state index contributed by atoms with van der Waals surface area (Å²) in [5.74, 6) is 0.410. The number of anilines is 2. The molecule has 2 saturated heterocycles. The molecule has 0 unspecified atom stereocenters. The molecule has 0 spiro atoms. The Morgan fingerprint density at radius 1 is 0.871 bits per heavy atom. The van der Waals surface area contributed by atoms with Crippen molar-refractivity contribution in [2.75, 3.05) is 104 Å². The van der Waals surface area contributed by atoms with E-state index in [0.717, 1.165) is 69.1 Å². The molecule has 4 aliphatic rings. The number of carbonyl (C=O) groups is 3. The summed E-state index contributed by atoms with van der Waals surface area (Å²) in [4.78, 5) is 59.2. The summed E-state index contributed by atoms with van der Waals surface area (Å²) < 4.78 is 35.0. The number of amides is 4. The Labute approximate surface area is 509 Å². The molecule has 2 N–H and O–H groups in total. The molecule has 19 heteroatoms. The molecule has 0 aliphatic carbocycles. The maximum atomic E-state index is 15.4. The van der Waals surface area contributed by atoms with Gasteiger partial charge in [-0.1, -0.05) is 74.3 Å². The summed E-state index contributed by atoms with van der Waals surface area (Å²) in [7, 11) is 3.51. The Bertz CT molecular complexity index is 3440. The van der Waals surface area contributed by atoms with Gasteiger partial charge in [-0.05, 0) is 128 Å². The molecule has 3 atom stereocenters. The van der Waals surface area contributed by atoms with Crippen LogP contribution in [0.1, 0.15) is 116 Å². The van der Waals surface area contributed by atoms with Crippen molar-refractivity contribution in [2.45, 2.75) is 96.8 Å². The van der Waals surface area contributed by atoms with E-state index in [1.54, 1.807) is 36.2 Å². The maximum Gasteiger partial charge on any atom is 0.325 e. The van der Waals surface area contributed by atoms with Gasteiger partial charge in [0.1, 0.15) is 17.4 Å². The average Bonchev–Trinajstić information content (AvgIpc) is 2.62. The largest absolute Gasteiger partial charge is 0.493 e. The summed E-state index contributed by atoms with van der Waals surface area (Å²) in [5, 5.41) is 6.26. The lowest BCUT2D eigenvalue weighted by Crippen LogP contribution is -2.53. The molecular formula is C66H79Cl2FN10O6. The molecule has 4 aliphatic heterocycles. The monoisotopic (exact) mass is 1200 g/mol. The van der Waals surface area contributed by atoms with Crippen LogP contribution in [0.2, 0.25) is 10.0 Å². The second-order valence-corrected chi connectivity index (χ2v) is 24.8. The normalized spacial score (nSPS) is 19.0. The van der Waals surface area contributed by atoms with Gasteiger partial charge in [0.25, 0.3) is 5.91 Å². The molecule has 85 heavy (non-hydrogen) atoms. The van der Waals surface area contributed by atoms with E-state index in [1.807, 2.05) is 82.9 Å². The Kier molecular flexibility index (Phi) is 18.6. The number of nitrogens with two attached hydrogens (primary N) is 1. The highest BCUT2D eigenvalue weighted by molar-refractivity contribution is 6.30. The van der Waals surface area contributed by atoms with E-state index in [9.17, 15) is 14.0 Å². The van der Waals surface area contributed by atoms with Gasteiger partial charge in [-0.15, -0.1) is 0 Å². The summed E-state index contributed by atoms with van der Waals surface area (Å²) in [6.07, 6.45) is 5.77. The van der Waals surface area contributed by atoms with Crippen molar-refractivity contribution < 1.29 is 33.0 Å². The van der Waals surface area contributed by atoms with Crippen molar-refractivity contribution in [2.24, 2.45) is 0 Å². The number of hydrogen-bond acceptors (Lipinski definition) is 11. The minimum atomic E-state index is -0.668. The molecule has 0 radical (unpaired) electrons. The fraction of sp³-hybridized carbons (Fsp3) is 0.439. The highest BCUT2D eigenvalue weighted by Gasteiger charge is 2.50. The molecule has 4 amide bonds. The van der Waals surface area contributed by atoms with Gasteiger partial charge in [0.05, 0.1) is 81.7 Å². The number of urea groups is 1. The SMILES string of the molecule is CCOc1cc(C(C)(C)C)ccc1C1=C[C@@](C)(c2ccc(Cl)cc2)[C@@H](c2ccc(Cl)cc2)N1C(=O)N1CCN(CCOCCOCCC(=O)N(C)CCn2nc3c(c2C)-c2cnc(N)c(c2)N2CCC[C@@H]2c2cc(F)ccc2C(=O)N(C)C3)CC1. The van der Waals surface area contributed by atoms with E-state index >= 15 is 4.79 Å². The van der Waals surface area contributed by atoms with E-state index in [2.05, 4.69) is 66.8 Å². The molecule has 0 saturated carbocycles. The second-order valence-electron chi connectivity index (χ2n) is 23.9. The number of carbonyl (C=O) groups excluding carboxylic acids is 3. The number of halogens is 3. The van der Waals surface area contributed by atoms with Crippen molar-refractivity contribution in [3.05, 3.63) is 164 Å². The van der Waals surface area contributed by atoms with Gasteiger partial charge in [-0.3, -0.25) is 24.1 Å². The lowest BCUT2D eigenvalue weighted by Gasteiger charge is -2.42. The third-order valence-corrected chi connectivity index (χ3v) is 17.8. The molecule has 10 rings (SSSR count). The zero-order chi connectivity index (χ0) is 60.3. The minimum absolute atomic E-state index is 0.0618. The summed E-state index contributed by atoms with van der Waals surface area (Å²) in [5.41, 5.74) is 15.5. The highest BCUT2D eigenvalue weighted by atomic mass is 35.5. The third-order valence-electron chi connectivity index (χ3n) is 17.3. The van der Waals surface area contributed by atoms with Gasteiger partial charge < -0.3 is 39.5 Å². The molecule has 6 aromatic rings. The second kappa shape index (κ2) is 25.9. The fourth-order valence-electron chi connectivity index (χ4n) is 12.5. The molecule has 6 heterocycles. The van der Waals surface area contributed by atoms with Crippen molar-refractivity contribution >= 4 is 58.2 Å². The van der Waals surface area contributed by atoms with Crippen LogP contribution in [0.4, 0.5) is 20.7 Å². The molecule has 4 aromatic carbocycles. The number of likely N-dealkylation sites (N-methyl/N-ethyl adjacent to an activating group) is 1. The average molecular weight is 1200 g/mol. The topological polar surface area (TPSA) is 155 Å². The predicted molar refractivity (Wildman–Crippen MR) is 333 cm³/mol. The fourth-order valence-corrected chi connectivity index (χ4v) is 12.8. The first-order valence-electron chi connectivity index (χ1n) is 29.6. The number of nitrogen functional groups attached to an aromatic ring is 1. The number of aromatic nitrogens is 3. The molecule has 2 aromatic heterocycles. The lowest BCUT2D eigenvalue weighted by molar-refractivity contribution is -0.131. The van der Waals surface area contributed by atoms with Crippen LogP contribution in [0.3, 0.4) is 0 Å². The van der Waals surface area contributed by atoms with E-state index in [4.69, 9.17) is 48.2 Å². The van der Waals surface area contributed by atoms with E-state index in [-0.39, 0.29) is 48.9 Å². The highest BCUT2D eigenvalue weighted by Crippen LogP contribution is 2.54. The number of benzene rings is 4. The molecule has 2 fully saturated rings. The van der Waals surface area contributed by atoms with E-state index in [1.165, 1.54) is 12.1 Å². The van der Waals surface area contributed by atoms with Crippen LogP contribution >= 0.6 is 23.2 Å². The summed E-state index contributed by atoms with van der Waals surface area (Å²) in [6.45, 7) is 19.5. The van der Waals surface area contributed by atoms with Gasteiger partial charge in [-0.2, -0.15) is 5.10 Å². The lowest BCUT2D eigenvalue weighted by atomic mass is 9.74. The van der Waals surface area contributed by atoms with E-state index < -0.39 is 17.3 Å². The summed E-state index contributed by atoms with van der Waals surface area (Å²) >= 11 is 12.9. The van der Waals surface area contributed by atoms with Gasteiger partial charge >= 0.3 is 6.03 Å². The number of rotatable bonds is 17. The van der Waals surface area contributed by atoms with Crippen LogP contribution in [-0.2, 0) is 38.2 Å². The van der Waals surface area contributed by atoms with Gasteiger partial charge in [0.2, 0.25) is 5.91 Å². The number of nitrogens with zero attached hydrogens (tertiary/aromatic N) is 9. The maximum absolute atomic E-state index is 15.4. The molecular weight excluding hydrogens is 1120 g/mol. The minimum Gasteiger partial charge on any atom is -0.493 e. The Hall–Kier alpha value is -7.02. The van der Waals surface area contributed by atoms with Gasteiger partial charge in [0.15, 0.2) is 0 Å². The van der Waals surface area contributed by atoms with Gasteiger partial charge in [-0.25, -0.2) is 14.2 Å². The molecule has 2 bridgehead atoms. The van der Waals surface area contributed by atoms with Crippen LogP contribution < -0.4 is 15.4 Å². The number of pyridine rings is 1. The number of hydrogen-bond donors (Lipinski definition) is 1. The summed E-state index contributed by atoms with van der Waals surface area (Å²) in [6, 6.07) is 27.7. The van der Waals surface area contributed by atoms with E-state index in [0.29, 0.717) is 111 Å². The van der Waals surface area contributed by atoms with Gasteiger partial charge in [0, 0.05) is 110 Å². The predicted octanol–water partition coefficient (Wildman–Crippen LogP) is 11.6. The Morgan fingerprint density at radius 3 is 2.27 bits per heavy atom. The van der Waals surface area contributed by atoms with Crippen molar-refractivity contribution in [3.8, 4) is 16.9 Å². The van der Waals surface area contributed by atoms with Crippen molar-refractivity contribution in [3.63, 3.8) is 0 Å². The zero-order valence-corrected chi connectivity index (χ0v) is 51.7. The first kappa shape index (κ1) is 61.1. The standard InChI is InChI=1S/C66H79Cl2FN10O6/c1-9-85-58-38-47(65(3,4)5)16-22-52(58)57-40-66(6,46-14-19-49(68)20-15-46)61(44-12-17-48(67)18-13-44)79(57)64(82)76-29-27-75(28-30-76)32-34-84-36-35-83-33-24-59(80)73(7)26-31-78-43(2)60-45-37-56(62(70)71-41-45)77-25-10-11-55(77)53-39-50(69)21-23-51(53)63(81)74(8)42-54(60)72-78/h12-23,37-41,55,61H,9-11,24-36,42H2,1-8H3,(H2,70,71)/t55-,61-,66+/m1/s1. The van der Waals surface area contributed by atoms with Crippen molar-refractivity contribution in [1.29, 1.82) is 0 Å². The first-order chi connectivity index (χ1) is 40.7. The number of fused-ring (bicyclic) bond motifs is 8. The smallest absolute Gasteiger partial charge is 0.325 e. The van der Waals surface area contributed by atoms with Crippen molar-refractivity contribution in [1.82, 2.24) is 39.3 Å². The van der Waals surface area contributed by atoms with Crippen LogP contribution in [-0.4, -0.2) is 150 Å². The van der Waals surface area contributed by atoms with Crippen LogP contribution in [0.15, 0.2) is 103 Å². The molecule has 450 valence electrons. The first-order valence-corrected chi connectivity index (χ1v) is 30.3. The van der Waals surface area contributed by atoms with Crippen LogP contribution in [0, 0.1) is 12.7 Å². The Morgan fingerprint density at radius 2 is 1.56 bits per heavy atom. The number of ether oxygens (including phenoxy) is 3. The number of piperazine rings is 1.